The van der Waals surface area contributed by atoms with Crippen LogP contribution in [0.25, 0.3) is 0 Å². The van der Waals surface area contributed by atoms with Gasteiger partial charge in [-0.25, -0.2) is 0 Å². The molecule has 0 spiro atoms. The quantitative estimate of drug-likeness (QED) is 0.444. The van der Waals surface area contributed by atoms with Crippen molar-refractivity contribution in [3.8, 4) is 0 Å². The number of anilines is 1. The van der Waals surface area contributed by atoms with Crippen LogP contribution in [0.3, 0.4) is 0 Å². The summed E-state index contributed by atoms with van der Waals surface area (Å²) in [6.07, 6.45) is 0. The predicted molar refractivity (Wildman–Crippen MR) is 131 cm³/mol. The SMILES string of the molecule is Cc1ccccc1C(=O)NC(C)c1nnc(SCC(=O)Nc2c(C)cc(Br)cc2C)n1C. The van der Waals surface area contributed by atoms with Crippen molar-refractivity contribution >= 4 is 45.2 Å². The van der Waals surface area contributed by atoms with Crippen LogP contribution < -0.4 is 10.6 Å². The van der Waals surface area contributed by atoms with Crippen molar-refractivity contribution in [3.63, 3.8) is 0 Å². The molecule has 3 rings (SSSR count). The second kappa shape index (κ2) is 10.3. The Morgan fingerprint density at radius 2 is 1.75 bits per heavy atom. The molecule has 1 unspecified atom stereocenters. The molecule has 0 aliphatic heterocycles. The number of hydrogen-bond donors (Lipinski definition) is 2. The van der Waals surface area contributed by atoms with E-state index in [-0.39, 0.29) is 23.6 Å². The molecule has 0 aliphatic rings. The molecule has 0 fully saturated rings. The molecular formula is C23H26BrN5O2S. The van der Waals surface area contributed by atoms with Gasteiger partial charge in [-0.1, -0.05) is 45.9 Å². The molecular weight excluding hydrogens is 490 g/mol. The smallest absolute Gasteiger partial charge is 0.252 e. The van der Waals surface area contributed by atoms with Crippen LogP contribution >= 0.6 is 27.7 Å². The van der Waals surface area contributed by atoms with E-state index in [1.807, 2.05) is 65.1 Å². The zero-order valence-corrected chi connectivity index (χ0v) is 21.1. The number of aryl methyl sites for hydroxylation is 3. The van der Waals surface area contributed by atoms with Crippen LogP contribution in [0.4, 0.5) is 5.69 Å². The first-order valence-corrected chi connectivity index (χ1v) is 11.9. The van der Waals surface area contributed by atoms with E-state index < -0.39 is 0 Å². The Bertz CT molecular complexity index is 1140. The number of amides is 2. The number of nitrogens with one attached hydrogen (secondary N) is 2. The topological polar surface area (TPSA) is 88.9 Å². The zero-order chi connectivity index (χ0) is 23.4. The third kappa shape index (κ3) is 5.58. The molecule has 2 amide bonds. The fraction of sp³-hybridized carbons (Fsp3) is 0.304. The van der Waals surface area contributed by atoms with E-state index in [9.17, 15) is 9.59 Å². The minimum atomic E-state index is -0.337. The summed E-state index contributed by atoms with van der Waals surface area (Å²) in [5, 5.41) is 15.0. The molecule has 0 saturated carbocycles. The van der Waals surface area contributed by atoms with Crippen molar-refractivity contribution in [3.05, 3.63) is 68.9 Å². The summed E-state index contributed by atoms with van der Waals surface area (Å²) >= 11 is 4.77. The fourth-order valence-corrected chi connectivity index (χ4v) is 4.81. The molecule has 0 saturated heterocycles. The summed E-state index contributed by atoms with van der Waals surface area (Å²) in [4.78, 5) is 25.1. The van der Waals surface area contributed by atoms with Crippen LogP contribution in [-0.2, 0) is 11.8 Å². The maximum atomic E-state index is 12.6. The maximum absolute atomic E-state index is 12.6. The molecule has 32 heavy (non-hydrogen) atoms. The molecule has 1 heterocycles. The monoisotopic (exact) mass is 515 g/mol. The van der Waals surface area contributed by atoms with Crippen molar-refractivity contribution in [2.24, 2.45) is 7.05 Å². The van der Waals surface area contributed by atoms with Gasteiger partial charge in [0.25, 0.3) is 5.91 Å². The van der Waals surface area contributed by atoms with Crippen LogP contribution in [0.15, 0.2) is 46.0 Å². The lowest BCUT2D eigenvalue weighted by Crippen LogP contribution is -2.29. The Labute approximate surface area is 200 Å². The number of hydrogen-bond acceptors (Lipinski definition) is 5. The van der Waals surface area contributed by atoms with E-state index in [0.717, 1.165) is 26.9 Å². The minimum Gasteiger partial charge on any atom is -0.342 e. The number of aromatic nitrogens is 3. The Hall–Kier alpha value is -2.65. The summed E-state index contributed by atoms with van der Waals surface area (Å²) in [5.41, 5.74) is 4.36. The standard InChI is InChI=1S/C23H26BrN5O2S/c1-13-8-6-7-9-18(13)22(31)25-16(4)21-27-28-23(29(21)5)32-12-19(30)26-20-14(2)10-17(24)11-15(20)3/h6-11,16H,12H2,1-5H3,(H,25,31)(H,26,30). The normalized spacial score (nSPS) is 11.8. The maximum Gasteiger partial charge on any atom is 0.252 e. The number of carbonyl (C=O) groups excluding carboxylic acids is 2. The lowest BCUT2D eigenvalue weighted by Gasteiger charge is -2.15. The van der Waals surface area contributed by atoms with Crippen LogP contribution in [-0.4, -0.2) is 32.3 Å². The van der Waals surface area contributed by atoms with Crippen molar-refractivity contribution in [2.45, 2.75) is 38.9 Å². The van der Waals surface area contributed by atoms with E-state index >= 15 is 0 Å². The molecule has 0 aliphatic carbocycles. The molecule has 3 aromatic rings. The molecule has 9 heteroatoms. The molecule has 7 nitrogen and oxygen atoms in total. The third-order valence-corrected chi connectivity index (χ3v) is 6.57. The molecule has 2 N–H and O–H groups in total. The largest absolute Gasteiger partial charge is 0.342 e. The van der Waals surface area contributed by atoms with Gasteiger partial charge < -0.3 is 15.2 Å². The van der Waals surface area contributed by atoms with Crippen LogP contribution in [0.1, 0.15) is 45.8 Å². The lowest BCUT2D eigenvalue weighted by atomic mass is 10.1. The number of nitrogens with zero attached hydrogens (tertiary/aromatic N) is 3. The Morgan fingerprint density at radius 3 is 2.41 bits per heavy atom. The zero-order valence-electron chi connectivity index (χ0n) is 18.7. The summed E-state index contributed by atoms with van der Waals surface area (Å²) in [5.74, 6) is 0.543. The van der Waals surface area contributed by atoms with E-state index in [1.165, 1.54) is 11.8 Å². The molecule has 1 aromatic heterocycles. The summed E-state index contributed by atoms with van der Waals surface area (Å²) in [6, 6.07) is 11.0. The molecule has 168 valence electrons. The van der Waals surface area contributed by atoms with E-state index in [4.69, 9.17) is 0 Å². The van der Waals surface area contributed by atoms with Crippen LogP contribution in [0, 0.1) is 20.8 Å². The van der Waals surface area contributed by atoms with Gasteiger partial charge >= 0.3 is 0 Å². The first-order valence-electron chi connectivity index (χ1n) is 10.1. The fourth-order valence-electron chi connectivity index (χ4n) is 3.41. The van der Waals surface area contributed by atoms with Crippen LogP contribution in [0.2, 0.25) is 0 Å². The van der Waals surface area contributed by atoms with Gasteiger partial charge in [0.1, 0.15) is 0 Å². The van der Waals surface area contributed by atoms with Gasteiger partial charge in [0.2, 0.25) is 5.91 Å². The van der Waals surface area contributed by atoms with E-state index in [0.29, 0.717) is 16.5 Å². The van der Waals surface area contributed by atoms with Crippen molar-refractivity contribution in [2.75, 3.05) is 11.1 Å². The molecule has 0 radical (unpaired) electrons. The highest BCUT2D eigenvalue weighted by Crippen LogP contribution is 2.26. The molecule has 2 aromatic carbocycles. The van der Waals surface area contributed by atoms with Gasteiger partial charge in [-0.3, -0.25) is 9.59 Å². The third-order valence-electron chi connectivity index (χ3n) is 5.09. The first kappa shape index (κ1) is 24.0. The van der Waals surface area contributed by atoms with Crippen molar-refractivity contribution in [1.82, 2.24) is 20.1 Å². The van der Waals surface area contributed by atoms with Crippen molar-refractivity contribution in [1.29, 1.82) is 0 Å². The number of thioether (sulfide) groups is 1. The van der Waals surface area contributed by atoms with Gasteiger partial charge in [0, 0.05) is 22.8 Å². The Kier molecular flexibility index (Phi) is 7.73. The number of carbonyl (C=O) groups is 2. The predicted octanol–water partition coefficient (Wildman–Crippen LogP) is 4.72. The highest BCUT2D eigenvalue weighted by atomic mass is 79.9. The number of halogens is 1. The van der Waals surface area contributed by atoms with E-state index in [2.05, 4.69) is 36.8 Å². The van der Waals surface area contributed by atoms with Gasteiger partial charge in [-0.2, -0.15) is 0 Å². The minimum absolute atomic E-state index is 0.117. The number of rotatable bonds is 7. The number of benzene rings is 2. The molecule has 0 bridgehead atoms. The average Bonchev–Trinajstić information content (AvgIpc) is 3.09. The first-order chi connectivity index (χ1) is 15.2. The highest BCUT2D eigenvalue weighted by Gasteiger charge is 2.20. The van der Waals surface area contributed by atoms with Gasteiger partial charge in [-0.05, 0) is 62.6 Å². The average molecular weight is 516 g/mol. The Balaban J connectivity index is 1.61. The van der Waals surface area contributed by atoms with Crippen molar-refractivity contribution < 1.29 is 9.59 Å². The summed E-state index contributed by atoms with van der Waals surface area (Å²) in [7, 11) is 1.83. The summed E-state index contributed by atoms with van der Waals surface area (Å²) < 4.78 is 2.78. The Morgan fingerprint density at radius 1 is 1.09 bits per heavy atom. The van der Waals surface area contributed by atoms with Gasteiger partial charge in [0.05, 0.1) is 11.8 Å². The van der Waals surface area contributed by atoms with Gasteiger partial charge in [-0.15, -0.1) is 10.2 Å². The second-order valence-electron chi connectivity index (χ2n) is 7.66. The lowest BCUT2D eigenvalue weighted by molar-refractivity contribution is -0.113. The molecule has 1 atom stereocenters. The van der Waals surface area contributed by atoms with Crippen LogP contribution in [0.5, 0.6) is 0 Å². The van der Waals surface area contributed by atoms with E-state index in [1.54, 1.807) is 10.6 Å². The second-order valence-corrected chi connectivity index (χ2v) is 9.52. The van der Waals surface area contributed by atoms with Gasteiger partial charge in [0.15, 0.2) is 11.0 Å². The highest BCUT2D eigenvalue weighted by molar-refractivity contribution is 9.10. The summed E-state index contributed by atoms with van der Waals surface area (Å²) in [6.45, 7) is 7.68.